The minimum Gasteiger partial charge on any atom is -0.466 e. The van der Waals surface area contributed by atoms with Gasteiger partial charge in [0, 0.05) is 51.8 Å². The maximum absolute atomic E-state index is 13.2. The number of benzene rings is 1. The van der Waals surface area contributed by atoms with Gasteiger partial charge < -0.3 is 19.9 Å². The van der Waals surface area contributed by atoms with Gasteiger partial charge in [0.05, 0.1) is 12.5 Å². The molecule has 0 bridgehead atoms. The van der Waals surface area contributed by atoms with E-state index in [2.05, 4.69) is 16.5 Å². The standard InChI is InChI=1S/C27H35N5O5/c1-3-37-27(36)21-9-14-30(15-10-21)24(33)8-11-28-25(34)22-17-23-26(35)31(12-5-13-32(23)29-22)18-20-7-4-6-19(2)16-20/h4,6-7,16-17,21H,3,5,8-15,18H2,1-2H3,(H,28,34). The highest BCUT2D eigenvalue weighted by molar-refractivity contribution is 5.98. The highest BCUT2D eigenvalue weighted by Gasteiger charge is 2.29. The quantitative estimate of drug-likeness (QED) is 0.546. The van der Waals surface area contributed by atoms with Gasteiger partial charge in [0.25, 0.3) is 11.8 Å². The number of aromatic nitrogens is 2. The average Bonchev–Trinajstić information content (AvgIpc) is 3.26. The number of rotatable bonds is 8. The van der Waals surface area contributed by atoms with E-state index < -0.39 is 5.91 Å². The molecule has 0 unspecified atom stereocenters. The minimum absolute atomic E-state index is 0.0646. The van der Waals surface area contributed by atoms with E-state index >= 15 is 0 Å². The molecule has 3 amide bonds. The topological polar surface area (TPSA) is 114 Å². The fraction of sp³-hybridized carbons (Fsp3) is 0.519. The Kier molecular flexibility index (Phi) is 8.58. The van der Waals surface area contributed by atoms with Gasteiger partial charge >= 0.3 is 5.97 Å². The van der Waals surface area contributed by atoms with Crippen molar-refractivity contribution in [2.45, 2.75) is 52.6 Å². The van der Waals surface area contributed by atoms with Gasteiger partial charge in [-0.1, -0.05) is 29.8 Å². The summed E-state index contributed by atoms with van der Waals surface area (Å²) < 4.78 is 6.67. The van der Waals surface area contributed by atoms with Crippen LogP contribution in [0.15, 0.2) is 30.3 Å². The Balaban J connectivity index is 1.27. The summed E-state index contributed by atoms with van der Waals surface area (Å²) in [4.78, 5) is 53.9. The third-order valence-corrected chi connectivity index (χ3v) is 6.86. The van der Waals surface area contributed by atoms with Crippen molar-refractivity contribution >= 4 is 23.7 Å². The van der Waals surface area contributed by atoms with Crippen LogP contribution in [0.1, 0.15) is 64.7 Å². The van der Waals surface area contributed by atoms with Crippen LogP contribution < -0.4 is 5.32 Å². The first-order valence-corrected chi connectivity index (χ1v) is 13.0. The highest BCUT2D eigenvalue weighted by Crippen LogP contribution is 2.20. The molecule has 1 aromatic heterocycles. The number of fused-ring (bicyclic) bond motifs is 1. The predicted octanol–water partition coefficient (Wildman–Crippen LogP) is 2.16. The van der Waals surface area contributed by atoms with Gasteiger partial charge in [0.1, 0.15) is 5.69 Å². The molecule has 0 spiro atoms. The highest BCUT2D eigenvalue weighted by atomic mass is 16.5. The van der Waals surface area contributed by atoms with E-state index in [9.17, 15) is 19.2 Å². The van der Waals surface area contributed by atoms with Gasteiger partial charge in [0.15, 0.2) is 5.69 Å². The largest absolute Gasteiger partial charge is 0.466 e. The van der Waals surface area contributed by atoms with Crippen molar-refractivity contribution in [3.63, 3.8) is 0 Å². The van der Waals surface area contributed by atoms with E-state index in [4.69, 9.17) is 4.74 Å². The van der Waals surface area contributed by atoms with E-state index in [-0.39, 0.29) is 42.4 Å². The van der Waals surface area contributed by atoms with Crippen molar-refractivity contribution in [2.24, 2.45) is 5.92 Å². The fourth-order valence-corrected chi connectivity index (χ4v) is 4.88. The van der Waals surface area contributed by atoms with Gasteiger partial charge in [-0.2, -0.15) is 5.10 Å². The van der Waals surface area contributed by atoms with E-state index in [1.807, 2.05) is 25.1 Å². The lowest BCUT2D eigenvalue weighted by Gasteiger charge is -2.31. The summed E-state index contributed by atoms with van der Waals surface area (Å²) >= 11 is 0. The molecule has 1 saturated heterocycles. The molecule has 3 heterocycles. The Morgan fingerprint density at radius 1 is 1.11 bits per heavy atom. The fourth-order valence-electron chi connectivity index (χ4n) is 4.88. The summed E-state index contributed by atoms with van der Waals surface area (Å²) in [5.74, 6) is -0.975. The van der Waals surface area contributed by atoms with E-state index in [1.165, 1.54) is 6.07 Å². The van der Waals surface area contributed by atoms with Gasteiger partial charge in [0.2, 0.25) is 5.91 Å². The lowest BCUT2D eigenvalue weighted by atomic mass is 9.97. The number of aryl methyl sites for hydroxylation is 2. The number of likely N-dealkylation sites (tertiary alicyclic amines) is 1. The Hall–Kier alpha value is -3.69. The maximum Gasteiger partial charge on any atom is 0.309 e. The number of piperidine rings is 1. The third-order valence-electron chi connectivity index (χ3n) is 6.86. The number of nitrogens with zero attached hydrogens (tertiary/aromatic N) is 4. The smallest absolute Gasteiger partial charge is 0.309 e. The summed E-state index contributed by atoms with van der Waals surface area (Å²) in [6, 6.07) is 9.61. The first-order chi connectivity index (χ1) is 17.9. The van der Waals surface area contributed by atoms with Crippen LogP contribution in [0.4, 0.5) is 0 Å². The number of esters is 1. The number of amides is 3. The normalized spacial score (nSPS) is 16.2. The number of ether oxygens (including phenoxy) is 1. The maximum atomic E-state index is 13.2. The van der Waals surface area contributed by atoms with Gasteiger partial charge in [-0.15, -0.1) is 0 Å². The van der Waals surface area contributed by atoms with E-state index in [0.29, 0.717) is 57.9 Å². The zero-order chi connectivity index (χ0) is 26.4. The zero-order valence-corrected chi connectivity index (χ0v) is 21.6. The van der Waals surface area contributed by atoms with Crippen molar-refractivity contribution in [2.75, 3.05) is 32.8 Å². The summed E-state index contributed by atoms with van der Waals surface area (Å²) in [7, 11) is 0. The summed E-state index contributed by atoms with van der Waals surface area (Å²) in [6.45, 7) is 7.03. The van der Waals surface area contributed by atoms with E-state index in [0.717, 1.165) is 17.5 Å². The molecule has 10 nitrogen and oxygen atoms in total. The number of carbonyl (C=O) groups is 4. The molecule has 37 heavy (non-hydrogen) atoms. The zero-order valence-electron chi connectivity index (χ0n) is 21.6. The average molecular weight is 510 g/mol. The number of nitrogens with one attached hydrogen (secondary N) is 1. The second-order valence-corrected chi connectivity index (χ2v) is 9.62. The van der Waals surface area contributed by atoms with Crippen LogP contribution in [-0.2, 0) is 27.4 Å². The van der Waals surface area contributed by atoms with Gasteiger partial charge in [-0.25, -0.2) is 0 Å². The number of hydrogen-bond donors (Lipinski definition) is 1. The van der Waals surface area contributed by atoms with Crippen molar-refractivity contribution in [3.05, 3.63) is 52.8 Å². The summed E-state index contributed by atoms with van der Waals surface area (Å²) in [5, 5.41) is 7.11. The molecular weight excluding hydrogens is 474 g/mol. The van der Waals surface area contributed by atoms with Crippen LogP contribution in [0.25, 0.3) is 0 Å². The first-order valence-electron chi connectivity index (χ1n) is 13.0. The Morgan fingerprint density at radius 2 is 1.89 bits per heavy atom. The molecule has 198 valence electrons. The molecule has 10 heteroatoms. The van der Waals surface area contributed by atoms with Crippen LogP contribution in [0.2, 0.25) is 0 Å². The number of hydrogen-bond acceptors (Lipinski definition) is 6. The van der Waals surface area contributed by atoms with Crippen LogP contribution in [0.3, 0.4) is 0 Å². The molecule has 4 rings (SSSR count). The monoisotopic (exact) mass is 509 g/mol. The lowest BCUT2D eigenvalue weighted by Crippen LogP contribution is -2.41. The number of carbonyl (C=O) groups excluding carboxylic acids is 4. The minimum atomic E-state index is -0.410. The van der Waals surface area contributed by atoms with Gasteiger partial charge in [-0.3, -0.25) is 23.9 Å². The molecule has 2 aromatic rings. The molecule has 2 aliphatic rings. The lowest BCUT2D eigenvalue weighted by molar-refractivity contribution is -0.151. The molecule has 2 aliphatic heterocycles. The summed E-state index contributed by atoms with van der Waals surface area (Å²) in [5.41, 5.74) is 2.77. The Morgan fingerprint density at radius 3 is 2.62 bits per heavy atom. The third kappa shape index (κ3) is 6.55. The molecule has 1 fully saturated rings. The van der Waals surface area contributed by atoms with Crippen molar-refractivity contribution in [3.8, 4) is 0 Å². The molecule has 0 radical (unpaired) electrons. The predicted molar refractivity (Wildman–Crippen MR) is 136 cm³/mol. The molecule has 1 N–H and O–H groups in total. The second-order valence-electron chi connectivity index (χ2n) is 9.62. The van der Waals surface area contributed by atoms with E-state index in [1.54, 1.807) is 21.4 Å². The molecule has 0 atom stereocenters. The first kappa shape index (κ1) is 26.4. The molecule has 0 saturated carbocycles. The van der Waals surface area contributed by atoms with Crippen molar-refractivity contribution < 1.29 is 23.9 Å². The van der Waals surface area contributed by atoms with Crippen LogP contribution in [-0.4, -0.2) is 76.1 Å². The Bertz CT molecular complexity index is 1150. The van der Waals surface area contributed by atoms with Crippen molar-refractivity contribution in [1.29, 1.82) is 0 Å². The second kappa shape index (κ2) is 12.0. The molecule has 0 aliphatic carbocycles. The van der Waals surface area contributed by atoms with Gasteiger partial charge in [-0.05, 0) is 38.7 Å². The van der Waals surface area contributed by atoms with Crippen LogP contribution in [0, 0.1) is 12.8 Å². The van der Waals surface area contributed by atoms with Crippen LogP contribution >= 0.6 is 0 Å². The SMILES string of the molecule is CCOC(=O)C1CCN(C(=O)CCNC(=O)c2cc3n(n2)CCCN(Cc2cccc(C)c2)C3=O)CC1. The molecular formula is C27H35N5O5. The molecule has 1 aromatic carbocycles. The van der Waals surface area contributed by atoms with Crippen LogP contribution in [0.5, 0.6) is 0 Å². The Labute approximate surface area is 216 Å². The summed E-state index contributed by atoms with van der Waals surface area (Å²) in [6.07, 6.45) is 2.08. The van der Waals surface area contributed by atoms with Crippen molar-refractivity contribution in [1.82, 2.24) is 24.9 Å².